The molecule has 0 bridgehead atoms. The maximum absolute atomic E-state index is 12.5. The predicted molar refractivity (Wildman–Crippen MR) is 85.1 cm³/mol. The second kappa shape index (κ2) is 6.74. The van der Waals surface area contributed by atoms with Crippen LogP contribution in [0, 0.1) is 12.3 Å². The number of rotatable bonds is 4. The highest BCUT2D eigenvalue weighted by molar-refractivity contribution is 5.74. The lowest BCUT2D eigenvalue weighted by Crippen LogP contribution is -2.13. The van der Waals surface area contributed by atoms with Gasteiger partial charge in [-0.3, -0.25) is 4.98 Å². The molecule has 1 aliphatic carbocycles. The molecule has 0 aromatic carbocycles. The number of hydrogen-bond acceptors (Lipinski definition) is 2. The Bertz CT molecular complexity index is 714. The Hall–Kier alpha value is -2.48. The molecule has 0 saturated carbocycles. The van der Waals surface area contributed by atoms with Crippen molar-refractivity contribution in [1.29, 1.82) is 0 Å². The van der Waals surface area contributed by atoms with E-state index in [2.05, 4.69) is 16.2 Å². The highest BCUT2D eigenvalue weighted by Gasteiger charge is 2.32. The fraction of sp³-hybridized carbons (Fsp3) is 0.278. The summed E-state index contributed by atoms with van der Waals surface area (Å²) in [5.74, 6) is 2.63. The van der Waals surface area contributed by atoms with Crippen molar-refractivity contribution in [1.82, 2.24) is 10.3 Å². The zero-order valence-corrected chi connectivity index (χ0v) is 13.0. The molecule has 1 aromatic rings. The topological polar surface area (TPSA) is 24.9 Å². The van der Waals surface area contributed by atoms with Crippen molar-refractivity contribution in [3.63, 3.8) is 0 Å². The van der Waals surface area contributed by atoms with Crippen LogP contribution in [0.1, 0.15) is 31.5 Å². The summed E-state index contributed by atoms with van der Waals surface area (Å²) in [5.41, 5.74) is 3.48. The predicted octanol–water partition coefficient (Wildman–Crippen LogP) is 4.33. The number of allylic oxidation sites excluding steroid dienone is 6. The van der Waals surface area contributed by atoms with Gasteiger partial charge in [0.2, 0.25) is 0 Å². The molecule has 0 aliphatic heterocycles. The van der Waals surface area contributed by atoms with Gasteiger partial charge in [0.05, 0.1) is 5.70 Å². The van der Waals surface area contributed by atoms with Crippen molar-refractivity contribution in [3.05, 3.63) is 58.6 Å². The van der Waals surface area contributed by atoms with Crippen LogP contribution in [-0.2, 0) is 6.18 Å². The third-order valence-electron chi connectivity index (χ3n) is 3.65. The van der Waals surface area contributed by atoms with Crippen LogP contribution < -0.4 is 5.32 Å². The van der Waals surface area contributed by atoms with Gasteiger partial charge in [0, 0.05) is 12.7 Å². The Labute approximate surface area is 133 Å². The summed E-state index contributed by atoms with van der Waals surface area (Å²) in [4.78, 5) is 3.50. The normalized spacial score (nSPS) is 15.5. The number of hydrogen-bond donors (Lipinski definition) is 1. The average Bonchev–Trinajstić information content (AvgIpc) is 3.01. The number of terminal acetylenes is 1. The standard InChI is InChI=1S/C18H17F3N2/c1-4-16(22-5-2)12(3)13-6-7-14(10-13)15-8-9-17(23-11-15)18(19,20)21/h1,6-9,11,22H,5,10H2,2-3H3/b16-12+. The Morgan fingerprint density at radius 2 is 2.09 bits per heavy atom. The first-order chi connectivity index (χ1) is 10.9. The van der Waals surface area contributed by atoms with E-state index in [9.17, 15) is 13.2 Å². The first kappa shape index (κ1) is 16.9. The quantitative estimate of drug-likeness (QED) is 0.836. The van der Waals surface area contributed by atoms with E-state index in [1.165, 1.54) is 12.3 Å². The van der Waals surface area contributed by atoms with Crippen LogP contribution >= 0.6 is 0 Å². The molecule has 0 amide bonds. The van der Waals surface area contributed by atoms with E-state index in [4.69, 9.17) is 6.42 Å². The lowest BCUT2D eigenvalue weighted by molar-refractivity contribution is -0.141. The first-order valence-corrected chi connectivity index (χ1v) is 7.22. The van der Waals surface area contributed by atoms with Gasteiger partial charge in [0.15, 0.2) is 0 Å². The van der Waals surface area contributed by atoms with Gasteiger partial charge in [-0.15, -0.1) is 6.42 Å². The Kier molecular flexibility index (Phi) is 4.95. The molecule has 0 unspecified atom stereocenters. The average molecular weight is 318 g/mol. The maximum atomic E-state index is 12.5. The zero-order chi connectivity index (χ0) is 17.0. The van der Waals surface area contributed by atoms with Crippen molar-refractivity contribution >= 4 is 5.57 Å². The van der Waals surface area contributed by atoms with Crippen LogP contribution in [0.25, 0.3) is 5.57 Å². The molecule has 0 fully saturated rings. The minimum Gasteiger partial charge on any atom is -0.378 e. The number of nitrogens with zero attached hydrogens (tertiary/aromatic N) is 1. The molecule has 1 N–H and O–H groups in total. The number of aromatic nitrogens is 1. The summed E-state index contributed by atoms with van der Waals surface area (Å²) in [6.07, 6.45) is 6.80. The van der Waals surface area contributed by atoms with E-state index < -0.39 is 11.9 Å². The van der Waals surface area contributed by atoms with Crippen LogP contribution in [-0.4, -0.2) is 11.5 Å². The molecular weight excluding hydrogens is 301 g/mol. The molecule has 0 spiro atoms. The number of alkyl halides is 3. The van der Waals surface area contributed by atoms with Gasteiger partial charge in [-0.1, -0.05) is 24.1 Å². The van der Waals surface area contributed by atoms with Crippen molar-refractivity contribution in [2.75, 3.05) is 6.54 Å². The molecule has 23 heavy (non-hydrogen) atoms. The molecule has 1 heterocycles. The minimum atomic E-state index is -4.42. The van der Waals surface area contributed by atoms with Gasteiger partial charge < -0.3 is 5.32 Å². The fourth-order valence-electron chi connectivity index (χ4n) is 2.36. The van der Waals surface area contributed by atoms with Crippen molar-refractivity contribution in [2.24, 2.45) is 0 Å². The van der Waals surface area contributed by atoms with Crippen LogP contribution in [0.15, 0.2) is 47.3 Å². The molecule has 2 rings (SSSR count). The fourth-order valence-corrected chi connectivity index (χ4v) is 2.36. The van der Waals surface area contributed by atoms with E-state index in [1.807, 2.05) is 26.0 Å². The molecule has 2 nitrogen and oxygen atoms in total. The molecule has 120 valence electrons. The lowest BCUT2D eigenvalue weighted by Gasteiger charge is -2.11. The molecule has 0 atom stereocenters. The van der Waals surface area contributed by atoms with E-state index in [-0.39, 0.29) is 0 Å². The number of pyridine rings is 1. The highest BCUT2D eigenvalue weighted by atomic mass is 19.4. The van der Waals surface area contributed by atoms with Crippen LogP contribution in [0.3, 0.4) is 0 Å². The summed E-state index contributed by atoms with van der Waals surface area (Å²) in [7, 11) is 0. The van der Waals surface area contributed by atoms with E-state index >= 15 is 0 Å². The van der Waals surface area contributed by atoms with Gasteiger partial charge in [-0.05, 0) is 48.6 Å². The number of halogens is 3. The van der Waals surface area contributed by atoms with Crippen LogP contribution in [0.5, 0.6) is 0 Å². The van der Waals surface area contributed by atoms with Gasteiger partial charge in [-0.2, -0.15) is 13.2 Å². The Morgan fingerprint density at radius 3 is 2.61 bits per heavy atom. The highest BCUT2D eigenvalue weighted by Crippen LogP contribution is 2.33. The molecule has 0 saturated heterocycles. The third kappa shape index (κ3) is 3.84. The molecule has 1 aliphatic rings. The zero-order valence-electron chi connectivity index (χ0n) is 13.0. The summed E-state index contributed by atoms with van der Waals surface area (Å²) >= 11 is 0. The van der Waals surface area contributed by atoms with Crippen LogP contribution in [0.4, 0.5) is 13.2 Å². The first-order valence-electron chi connectivity index (χ1n) is 7.22. The Balaban J connectivity index is 2.15. The second-order valence-electron chi connectivity index (χ2n) is 5.17. The Morgan fingerprint density at radius 1 is 1.35 bits per heavy atom. The van der Waals surface area contributed by atoms with E-state index in [0.29, 0.717) is 12.0 Å². The summed E-state index contributed by atoms with van der Waals surface area (Å²) in [6.45, 7) is 4.63. The summed E-state index contributed by atoms with van der Waals surface area (Å²) in [6, 6.07) is 2.45. The van der Waals surface area contributed by atoms with Crippen LogP contribution in [0.2, 0.25) is 0 Å². The summed E-state index contributed by atoms with van der Waals surface area (Å²) < 4.78 is 37.6. The van der Waals surface area contributed by atoms with Crippen molar-refractivity contribution < 1.29 is 13.2 Å². The molecule has 1 aromatic heterocycles. The second-order valence-corrected chi connectivity index (χ2v) is 5.17. The smallest absolute Gasteiger partial charge is 0.378 e. The van der Waals surface area contributed by atoms with E-state index in [1.54, 1.807) is 0 Å². The van der Waals surface area contributed by atoms with Crippen molar-refractivity contribution in [3.8, 4) is 12.3 Å². The molecule has 5 heteroatoms. The monoisotopic (exact) mass is 318 g/mol. The van der Waals surface area contributed by atoms with Gasteiger partial charge in [0.25, 0.3) is 0 Å². The summed E-state index contributed by atoms with van der Waals surface area (Å²) in [5, 5.41) is 3.13. The van der Waals surface area contributed by atoms with Crippen molar-refractivity contribution in [2.45, 2.75) is 26.4 Å². The van der Waals surface area contributed by atoms with E-state index in [0.717, 1.165) is 35.0 Å². The maximum Gasteiger partial charge on any atom is 0.433 e. The van der Waals surface area contributed by atoms with Gasteiger partial charge >= 0.3 is 6.18 Å². The molecular formula is C18H17F3N2. The third-order valence-corrected chi connectivity index (χ3v) is 3.65. The minimum absolute atomic E-state index is 0.620. The largest absolute Gasteiger partial charge is 0.433 e. The van der Waals surface area contributed by atoms with Gasteiger partial charge in [0.1, 0.15) is 5.69 Å². The number of nitrogens with one attached hydrogen (secondary N) is 1. The SMILES string of the molecule is C#C/C(NCC)=C(/C)C1=CC=C(c2ccc(C(F)(F)F)nc2)C1. The lowest BCUT2D eigenvalue weighted by atomic mass is 9.99. The molecule has 0 radical (unpaired) electrons. The van der Waals surface area contributed by atoms with Gasteiger partial charge in [-0.25, -0.2) is 0 Å².